The topological polar surface area (TPSA) is 153 Å². The Balaban J connectivity index is -0.0000000292. The zero-order valence-corrected chi connectivity index (χ0v) is 14.9. The maximum atomic E-state index is 9.13. The van der Waals surface area contributed by atoms with Crippen LogP contribution in [0.3, 0.4) is 0 Å². The molecular formula is C5H12K2N2O5. The maximum Gasteiger partial charge on any atom is 1.00 e. The first kappa shape index (κ1) is 29.8. The molecule has 9 heteroatoms. The SMILES string of the molecule is CO.NCC(=O)[O-].NCC(=O)[O-].[K+].[K+]. The zero-order valence-electron chi connectivity index (χ0n) is 8.65. The number of carbonyl (C=O) groups is 2. The Morgan fingerprint density at radius 1 is 1.00 bits per heavy atom. The van der Waals surface area contributed by atoms with Gasteiger partial charge in [-0.2, -0.15) is 0 Å². The first-order valence-corrected chi connectivity index (χ1v) is 2.79. The van der Waals surface area contributed by atoms with Crippen molar-refractivity contribution in [1.29, 1.82) is 0 Å². The molecule has 0 rings (SSSR count). The molecule has 0 unspecified atom stereocenters. The fourth-order valence-electron chi connectivity index (χ4n) is 0. The Morgan fingerprint density at radius 3 is 1.07 bits per heavy atom. The summed E-state index contributed by atoms with van der Waals surface area (Å²) in [7, 11) is 1.00. The van der Waals surface area contributed by atoms with Gasteiger partial charge in [-0.3, -0.25) is 0 Å². The van der Waals surface area contributed by atoms with Gasteiger partial charge >= 0.3 is 103 Å². The van der Waals surface area contributed by atoms with Crippen LogP contribution in [0.2, 0.25) is 0 Å². The van der Waals surface area contributed by atoms with Crippen LogP contribution in [0.15, 0.2) is 0 Å². The van der Waals surface area contributed by atoms with E-state index in [1.54, 1.807) is 0 Å². The number of hydrogen-bond donors (Lipinski definition) is 3. The van der Waals surface area contributed by atoms with Crippen LogP contribution in [-0.2, 0) is 9.59 Å². The number of carbonyl (C=O) groups excluding carboxylic acids is 2. The van der Waals surface area contributed by atoms with E-state index in [0.29, 0.717) is 0 Å². The van der Waals surface area contributed by atoms with Crippen LogP contribution in [0.1, 0.15) is 0 Å². The van der Waals surface area contributed by atoms with Crippen molar-refractivity contribution in [2.75, 3.05) is 20.2 Å². The van der Waals surface area contributed by atoms with Crippen LogP contribution in [0.25, 0.3) is 0 Å². The van der Waals surface area contributed by atoms with Crippen LogP contribution >= 0.6 is 0 Å². The minimum absolute atomic E-state index is 0. The van der Waals surface area contributed by atoms with Crippen LogP contribution in [0.4, 0.5) is 0 Å². The first-order chi connectivity index (χ1) is 5.54. The molecule has 0 saturated carbocycles. The van der Waals surface area contributed by atoms with Crippen molar-refractivity contribution in [3.05, 3.63) is 0 Å². The van der Waals surface area contributed by atoms with E-state index < -0.39 is 11.9 Å². The van der Waals surface area contributed by atoms with Crippen molar-refractivity contribution < 1.29 is 128 Å². The monoisotopic (exact) mass is 258 g/mol. The van der Waals surface area contributed by atoms with Gasteiger partial charge in [-0.05, 0) is 0 Å². The normalized spacial score (nSPS) is 5.71. The van der Waals surface area contributed by atoms with E-state index in [4.69, 9.17) is 24.9 Å². The molecule has 0 bridgehead atoms. The molecule has 0 aliphatic rings. The smallest absolute Gasteiger partial charge is 0.549 e. The van der Waals surface area contributed by atoms with Crippen molar-refractivity contribution >= 4 is 11.9 Å². The summed E-state index contributed by atoms with van der Waals surface area (Å²) in [6.45, 7) is -0.778. The minimum atomic E-state index is -1.22. The summed E-state index contributed by atoms with van der Waals surface area (Å²) in [5.74, 6) is -2.44. The molecule has 0 aliphatic carbocycles. The molecule has 0 aromatic rings. The van der Waals surface area contributed by atoms with E-state index in [-0.39, 0.29) is 116 Å². The molecule has 0 atom stereocenters. The van der Waals surface area contributed by atoms with E-state index in [0.717, 1.165) is 7.11 Å². The number of carboxylic acids is 2. The molecule has 5 N–H and O–H groups in total. The molecule has 0 spiro atoms. The third kappa shape index (κ3) is 65.1. The van der Waals surface area contributed by atoms with Gasteiger partial charge in [-0.1, -0.05) is 0 Å². The summed E-state index contributed by atoms with van der Waals surface area (Å²) in [5, 5.41) is 25.3. The van der Waals surface area contributed by atoms with E-state index >= 15 is 0 Å². The van der Waals surface area contributed by atoms with E-state index in [1.165, 1.54) is 0 Å². The molecule has 0 saturated heterocycles. The summed E-state index contributed by atoms with van der Waals surface area (Å²) in [5.41, 5.74) is 9.02. The number of rotatable bonds is 2. The minimum Gasteiger partial charge on any atom is -0.549 e. The largest absolute Gasteiger partial charge is 1.00 e. The summed E-state index contributed by atoms with van der Waals surface area (Å²) in [6.07, 6.45) is 0. The van der Waals surface area contributed by atoms with E-state index in [1.807, 2.05) is 0 Å². The number of aliphatic carboxylic acids is 2. The molecule has 0 aliphatic heterocycles. The van der Waals surface area contributed by atoms with Crippen LogP contribution in [0.5, 0.6) is 0 Å². The predicted molar refractivity (Wildman–Crippen MR) is 36.3 cm³/mol. The van der Waals surface area contributed by atoms with Crippen molar-refractivity contribution in [3.8, 4) is 0 Å². The number of carboxylic acid groups (broad SMARTS) is 2. The van der Waals surface area contributed by atoms with Crippen LogP contribution < -0.4 is 124 Å². The number of aliphatic hydroxyl groups excluding tert-OH is 1. The van der Waals surface area contributed by atoms with Crippen LogP contribution in [0, 0.1) is 0 Å². The van der Waals surface area contributed by atoms with Crippen LogP contribution in [-0.4, -0.2) is 37.2 Å². The second-order valence-electron chi connectivity index (χ2n) is 1.15. The quantitative estimate of drug-likeness (QED) is 0.416. The Bertz CT molecular complexity index is 111. The fourth-order valence-corrected chi connectivity index (χ4v) is 0. The molecule has 0 amide bonds. The van der Waals surface area contributed by atoms with Crippen molar-refractivity contribution in [2.24, 2.45) is 11.5 Å². The molecule has 0 radical (unpaired) electrons. The third-order valence-electron chi connectivity index (χ3n) is 0.333. The molecule has 0 aromatic heterocycles. The number of hydrogen-bond acceptors (Lipinski definition) is 7. The molecule has 74 valence electrons. The Labute approximate surface area is 167 Å². The van der Waals surface area contributed by atoms with Gasteiger partial charge < -0.3 is 36.4 Å². The van der Waals surface area contributed by atoms with Gasteiger partial charge in [0.2, 0.25) is 0 Å². The van der Waals surface area contributed by atoms with Gasteiger partial charge in [-0.25, -0.2) is 0 Å². The van der Waals surface area contributed by atoms with Crippen molar-refractivity contribution in [1.82, 2.24) is 0 Å². The number of aliphatic hydroxyl groups is 1. The fraction of sp³-hybridized carbons (Fsp3) is 0.600. The van der Waals surface area contributed by atoms with Gasteiger partial charge in [0.25, 0.3) is 0 Å². The zero-order chi connectivity index (χ0) is 10.6. The molecule has 0 fully saturated rings. The summed E-state index contributed by atoms with van der Waals surface area (Å²) < 4.78 is 0. The second kappa shape index (κ2) is 29.4. The molecule has 14 heavy (non-hydrogen) atoms. The predicted octanol–water partition coefficient (Wildman–Crippen LogP) is -11.0. The molecule has 0 heterocycles. The average Bonchev–Trinajstić information content (AvgIpc) is 2.09. The first-order valence-electron chi connectivity index (χ1n) is 2.79. The van der Waals surface area contributed by atoms with Gasteiger partial charge in [0.05, 0.1) is 11.9 Å². The molecule has 0 aromatic carbocycles. The summed E-state index contributed by atoms with van der Waals surface area (Å²) in [6, 6.07) is 0. The van der Waals surface area contributed by atoms with Gasteiger partial charge in [0, 0.05) is 20.2 Å². The Kier molecular flexibility index (Phi) is 62.6. The molecule has 7 nitrogen and oxygen atoms in total. The van der Waals surface area contributed by atoms with Gasteiger partial charge in [0.15, 0.2) is 0 Å². The summed E-state index contributed by atoms with van der Waals surface area (Å²) in [4.78, 5) is 18.3. The second-order valence-corrected chi connectivity index (χ2v) is 1.15. The third-order valence-corrected chi connectivity index (χ3v) is 0.333. The van der Waals surface area contributed by atoms with Gasteiger partial charge in [0.1, 0.15) is 0 Å². The summed E-state index contributed by atoms with van der Waals surface area (Å²) >= 11 is 0. The molecular weight excluding hydrogens is 246 g/mol. The standard InChI is InChI=1S/2C2H5NO2.CH4O.2K/c2*3-1-2(4)5;1-2;;/h2*1,3H2,(H,4,5);2H,1H3;;/q;;;2*+1/p-2. The van der Waals surface area contributed by atoms with Crippen molar-refractivity contribution in [3.63, 3.8) is 0 Å². The maximum absolute atomic E-state index is 9.13. The Morgan fingerprint density at radius 2 is 1.07 bits per heavy atom. The average molecular weight is 258 g/mol. The van der Waals surface area contributed by atoms with Gasteiger partial charge in [-0.15, -0.1) is 0 Å². The number of nitrogens with two attached hydrogens (primary N) is 2. The van der Waals surface area contributed by atoms with Crippen molar-refractivity contribution in [2.45, 2.75) is 0 Å². The van der Waals surface area contributed by atoms with E-state index in [2.05, 4.69) is 11.5 Å². The van der Waals surface area contributed by atoms with E-state index in [9.17, 15) is 0 Å². The Hall–Kier alpha value is 2.09.